The van der Waals surface area contributed by atoms with Gasteiger partial charge in [0.15, 0.2) is 0 Å². The van der Waals surface area contributed by atoms with E-state index in [0.717, 1.165) is 16.8 Å². The van der Waals surface area contributed by atoms with E-state index in [0.29, 0.717) is 0 Å². The molecular formula is C13H15NO3. The summed E-state index contributed by atoms with van der Waals surface area (Å²) in [6.45, 7) is 4.26. The van der Waals surface area contributed by atoms with Crippen molar-refractivity contribution in [3.8, 4) is 0 Å². The number of carboxylic acid groups (broad SMARTS) is 1. The summed E-state index contributed by atoms with van der Waals surface area (Å²) in [5.74, 6) is -1.59. The number of amides is 1. The first-order chi connectivity index (χ1) is 7.99. The predicted molar refractivity (Wildman–Crippen MR) is 64.0 cm³/mol. The molecule has 1 fully saturated rings. The Kier molecular flexibility index (Phi) is 2.88. The second-order valence-electron chi connectivity index (χ2n) is 4.51. The van der Waals surface area contributed by atoms with Crippen molar-refractivity contribution >= 4 is 17.6 Å². The van der Waals surface area contributed by atoms with Gasteiger partial charge in [0.05, 0.1) is 5.92 Å². The van der Waals surface area contributed by atoms with Crippen molar-refractivity contribution in [3.05, 3.63) is 29.3 Å². The van der Waals surface area contributed by atoms with E-state index in [4.69, 9.17) is 5.11 Å². The lowest BCUT2D eigenvalue weighted by Gasteiger charge is -2.17. The molecule has 0 spiro atoms. The van der Waals surface area contributed by atoms with Crippen LogP contribution in [-0.2, 0) is 9.59 Å². The molecule has 0 radical (unpaired) electrons. The molecule has 1 aromatic rings. The highest BCUT2D eigenvalue weighted by Crippen LogP contribution is 2.26. The molecule has 90 valence electrons. The Labute approximate surface area is 99.9 Å². The van der Waals surface area contributed by atoms with Crippen LogP contribution in [0.3, 0.4) is 0 Å². The van der Waals surface area contributed by atoms with Gasteiger partial charge in [-0.05, 0) is 37.1 Å². The minimum atomic E-state index is -0.898. The van der Waals surface area contributed by atoms with Crippen LogP contribution in [-0.4, -0.2) is 23.5 Å². The zero-order valence-corrected chi connectivity index (χ0v) is 9.93. The van der Waals surface area contributed by atoms with Crippen molar-refractivity contribution in [2.75, 3.05) is 11.4 Å². The number of aryl methyl sites for hydroxylation is 2. The first-order valence-electron chi connectivity index (χ1n) is 5.59. The molecule has 4 heteroatoms. The van der Waals surface area contributed by atoms with Gasteiger partial charge in [0.2, 0.25) is 5.91 Å². The number of hydrogen-bond donors (Lipinski definition) is 1. The highest BCUT2D eigenvalue weighted by atomic mass is 16.4. The molecule has 0 bridgehead atoms. The maximum atomic E-state index is 11.7. The summed E-state index contributed by atoms with van der Waals surface area (Å²) in [6.07, 6.45) is 0.0995. The standard InChI is InChI=1S/C13H15NO3/c1-8-3-4-11(5-9(8)2)14-7-10(13(16)17)6-12(14)15/h3-5,10H,6-7H2,1-2H3,(H,16,17)/t10-/m0/s1. The summed E-state index contributed by atoms with van der Waals surface area (Å²) in [7, 11) is 0. The third-order valence-electron chi connectivity index (χ3n) is 3.28. The summed E-state index contributed by atoms with van der Waals surface area (Å²) in [4.78, 5) is 24.2. The van der Waals surface area contributed by atoms with Gasteiger partial charge in [0.25, 0.3) is 0 Å². The van der Waals surface area contributed by atoms with Crippen LogP contribution in [0.4, 0.5) is 5.69 Å². The second-order valence-corrected chi connectivity index (χ2v) is 4.51. The average Bonchev–Trinajstić information content (AvgIpc) is 2.65. The number of carboxylic acids is 1. The van der Waals surface area contributed by atoms with E-state index in [1.807, 2.05) is 32.0 Å². The van der Waals surface area contributed by atoms with E-state index in [2.05, 4.69) is 0 Å². The van der Waals surface area contributed by atoms with Gasteiger partial charge in [-0.15, -0.1) is 0 Å². The number of nitrogens with zero attached hydrogens (tertiary/aromatic N) is 1. The van der Waals surface area contributed by atoms with Crippen molar-refractivity contribution in [2.24, 2.45) is 5.92 Å². The van der Waals surface area contributed by atoms with Gasteiger partial charge in [-0.3, -0.25) is 9.59 Å². The van der Waals surface area contributed by atoms with Gasteiger partial charge in [0.1, 0.15) is 0 Å². The molecule has 0 saturated carbocycles. The molecule has 2 rings (SSSR count). The third-order valence-corrected chi connectivity index (χ3v) is 3.28. The highest BCUT2D eigenvalue weighted by molar-refractivity contribution is 5.99. The molecule has 0 unspecified atom stereocenters. The Morgan fingerprint density at radius 1 is 1.35 bits per heavy atom. The topological polar surface area (TPSA) is 57.6 Å². The number of aliphatic carboxylic acids is 1. The molecule has 1 aliphatic heterocycles. The predicted octanol–water partition coefficient (Wildman–Crippen LogP) is 1.74. The lowest BCUT2D eigenvalue weighted by Crippen LogP contribution is -2.25. The molecule has 1 aliphatic rings. The molecule has 17 heavy (non-hydrogen) atoms. The monoisotopic (exact) mass is 233 g/mol. The Hall–Kier alpha value is -1.84. The highest BCUT2D eigenvalue weighted by Gasteiger charge is 2.34. The van der Waals surface area contributed by atoms with Gasteiger partial charge in [-0.1, -0.05) is 6.07 Å². The van der Waals surface area contributed by atoms with E-state index in [1.54, 1.807) is 4.90 Å². The number of carbonyl (C=O) groups is 2. The summed E-state index contributed by atoms with van der Waals surface area (Å²) in [5.41, 5.74) is 3.06. The zero-order chi connectivity index (χ0) is 12.6. The van der Waals surface area contributed by atoms with Crippen LogP contribution >= 0.6 is 0 Å². The van der Waals surface area contributed by atoms with Crippen LogP contribution in [0.2, 0.25) is 0 Å². The SMILES string of the molecule is Cc1ccc(N2C[C@@H](C(=O)O)CC2=O)cc1C. The minimum Gasteiger partial charge on any atom is -0.481 e. The molecule has 0 aliphatic carbocycles. The van der Waals surface area contributed by atoms with E-state index < -0.39 is 11.9 Å². The van der Waals surface area contributed by atoms with E-state index >= 15 is 0 Å². The molecule has 1 heterocycles. The normalized spacial score (nSPS) is 19.8. The summed E-state index contributed by atoms with van der Waals surface area (Å²) in [6, 6.07) is 5.74. The molecule has 1 amide bonds. The van der Waals surface area contributed by atoms with E-state index in [-0.39, 0.29) is 18.9 Å². The summed E-state index contributed by atoms with van der Waals surface area (Å²) >= 11 is 0. The van der Waals surface area contributed by atoms with Crippen molar-refractivity contribution < 1.29 is 14.7 Å². The quantitative estimate of drug-likeness (QED) is 0.846. The number of anilines is 1. The van der Waals surface area contributed by atoms with Gasteiger partial charge in [-0.2, -0.15) is 0 Å². The summed E-state index contributed by atoms with van der Waals surface area (Å²) in [5, 5.41) is 8.92. The first kappa shape index (κ1) is 11.6. The molecule has 1 atom stereocenters. The molecule has 4 nitrogen and oxygen atoms in total. The van der Waals surface area contributed by atoms with Crippen molar-refractivity contribution in [3.63, 3.8) is 0 Å². The smallest absolute Gasteiger partial charge is 0.308 e. The van der Waals surface area contributed by atoms with Gasteiger partial charge >= 0.3 is 5.97 Å². The van der Waals surface area contributed by atoms with Crippen LogP contribution in [0, 0.1) is 19.8 Å². The minimum absolute atomic E-state index is 0.0995. The summed E-state index contributed by atoms with van der Waals surface area (Å²) < 4.78 is 0. The largest absolute Gasteiger partial charge is 0.481 e. The van der Waals surface area contributed by atoms with Gasteiger partial charge in [0, 0.05) is 18.7 Å². The van der Waals surface area contributed by atoms with Gasteiger partial charge < -0.3 is 10.0 Å². The second kappa shape index (κ2) is 4.20. The molecule has 1 saturated heterocycles. The fraction of sp³-hybridized carbons (Fsp3) is 0.385. The Morgan fingerprint density at radius 2 is 2.06 bits per heavy atom. The Balaban J connectivity index is 2.26. The fourth-order valence-electron chi connectivity index (χ4n) is 2.02. The fourth-order valence-corrected chi connectivity index (χ4v) is 2.02. The molecule has 1 aromatic carbocycles. The number of benzene rings is 1. The average molecular weight is 233 g/mol. The van der Waals surface area contributed by atoms with Crippen LogP contribution < -0.4 is 4.90 Å². The molecular weight excluding hydrogens is 218 g/mol. The number of hydrogen-bond acceptors (Lipinski definition) is 2. The number of rotatable bonds is 2. The van der Waals surface area contributed by atoms with Crippen molar-refractivity contribution in [2.45, 2.75) is 20.3 Å². The van der Waals surface area contributed by atoms with E-state index in [1.165, 1.54) is 0 Å². The van der Waals surface area contributed by atoms with Gasteiger partial charge in [-0.25, -0.2) is 0 Å². The van der Waals surface area contributed by atoms with Crippen molar-refractivity contribution in [1.29, 1.82) is 0 Å². The lowest BCUT2D eigenvalue weighted by atomic mass is 10.1. The lowest BCUT2D eigenvalue weighted by molar-refractivity contribution is -0.141. The Bertz CT molecular complexity index is 482. The van der Waals surface area contributed by atoms with Crippen molar-refractivity contribution in [1.82, 2.24) is 0 Å². The van der Waals surface area contributed by atoms with Crippen LogP contribution in [0.15, 0.2) is 18.2 Å². The van der Waals surface area contributed by atoms with Crippen LogP contribution in [0.1, 0.15) is 17.5 Å². The number of carbonyl (C=O) groups excluding carboxylic acids is 1. The maximum Gasteiger partial charge on any atom is 0.308 e. The Morgan fingerprint density at radius 3 is 2.59 bits per heavy atom. The van der Waals surface area contributed by atoms with Crippen LogP contribution in [0.25, 0.3) is 0 Å². The third kappa shape index (κ3) is 2.16. The maximum absolute atomic E-state index is 11.7. The molecule has 1 N–H and O–H groups in total. The molecule has 0 aromatic heterocycles. The van der Waals surface area contributed by atoms with E-state index in [9.17, 15) is 9.59 Å². The van der Waals surface area contributed by atoms with Crippen LogP contribution in [0.5, 0.6) is 0 Å². The zero-order valence-electron chi connectivity index (χ0n) is 9.93. The first-order valence-corrected chi connectivity index (χ1v) is 5.59.